The van der Waals surface area contributed by atoms with E-state index in [-0.39, 0.29) is 41.0 Å². The first-order valence-electron chi connectivity index (χ1n) is 13.0. The molecule has 5 rings (SSSR count). The topological polar surface area (TPSA) is 61.8 Å². The molecule has 1 heterocycles. The van der Waals surface area contributed by atoms with E-state index in [0.717, 1.165) is 0 Å². The van der Waals surface area contributed by atoms with E-state index in [2.05, 4.69) is 69.3 Å². The fraction of sp³-hybridized carbons (Fsp3) is 0.355. The molecule has 192 valence electrons. The number of ether oxygens (including phenoxy) is 2. The van der Waals surface area contributed by atoms with Crippen molar-refractivity contribution in [3.05, 3.63) is 96.6 Å². The second-order valence-electron chi connectivity index (χ2n) is 11.1. The van der Waals surface area contributed by atoms with Crippen LogP contribution < -0.4 is 10.4 Å². The highest BCUT2D eigenvalue weighted by molar-refractivity contribution is 6.99. The highest BCUT2D eigenvalue weighted by Gasteiger charge is 2.55. The summed E-state index contributed by atoms with van der Waals surface area (Å²) in [5.74, 6) is -0.698. The van der Waals surface area contributed by atoms with Crippen molar-refractivity contribution < 1.29 is 23.5 Å². The Morgan fingerprint density at radius 2 is 1.43 bits per heavy atom. The summed E-state index contributed by atoms with van der Waals surface area (Å²) in [4.78, 5) is 25.2. The molecular formula is C31H34O5Si. The van der Waals surface area contributed by atoms with Gasteiger partial charge in [0.05, 0.1) is 12.0 Å². The summed E-state index contributed by atoms with van der Waals surface area (Å²) < 4.78 is 18.9. The molecule has 0 unspecified atom stereocenters. The summed E-state index contributed by atoms with van der Waals surface area (Å²) in [6, 6.07) is 30.0. The monoisotopic (exact) mass is 514 g/mol. The zero-order valence-electron chi connectivity index (χ0n) is 21.6. The van der Waals surface area contributed by atoms with Crippen molar-refractivity contribution >= 4 is 30.6 Å². The number of carbonyl (C=O) groups excluding carboxylic acids is 2. The SMILES string of the molecule is CC(C)(C)[Si](OC[C@@H]1[C@H]2CC(=O)O[C@H]2C[C@H]1OC(=O)c1ccccc1)(c1ccccc1)c1ccccc1. The molecular weight excluding hydrogens is 480 g/mol. The number of hydrogen-bond donors (Lipinski definition) is 0. The lowest BCUT2D eigenvalue weighted by molar-refractivity contribution is -0.141. The molecule has 0 amide bonds. The Labute approximate surface area is 219 Å². The van der Waals surface area contributed by atoms with Crippen molar-refractivity contribution in [1.82, 2.24) is 0 Å². The van der Waals surface area contributed by atoms with Crippen molar-refractivity contribution in [3.8, 4) is 0 Å². The third-order valence-electron chi connectivity index (χ3n) is 7.83. The Balaban J connectivity index is 1.48. The van der Waals surface area contributed by atoms with Gasteiger partial charge in [-0.05, 0) is 27.5 Å². The normalized spacial score (nSPS) is 23.4. The first-order chi connectivity index (χ1) is 17.8. The number of esters is 2. The van der Waals surface area contributed by atoms with E-state index in [0.29, 0.717) is 25.0 Å². The Bertz CT molecular complexity index is 1180. The van der Waals surface area contributed by atoms with Crippen molar-refractivity contribution in [1.29, 1.82) is 0 Å². The summed E-state index contributed by atoms with van der Waals surface area (Å²) in [5.41, 5.74) is 0.517. The molecule has 0 aromatic heterocycles. The first kappa shape index (κ1) is 25.4. The minimum absolute atomic E-state index is 0.0284. The zero-order chi connectivity index (χ0) is 26.0. The maximum Gasteiger partial charge on any atom is 0.338 e. The van der Waals surface area contributed by atoms with Gasteiger partial charge in [0.15, 0.2) is 0 Å². The van der Waals surface area contributed by atoms with Crippen molar-refractivity contribution in [2.45, 2.75) is 50.9 Å². The molecule has 2 fully saturated rings. The van der Waals surface area contributed by atoms with Crippen LogP contribution in [0.2, 0.25) is 5.04 Å². The van der Waals surface area contributed by atoms with Crippen LogP contribution in [0.5, 0.6) is 0 Å². The molecule has 4 atom stereocenters. The lowest BCUT2D eigenvalue weighted by Crippen LogP contribution is -2.67. The van der Waals surface area contributed by atoms with E-state index >= 15 is 0 Å². The van der Waals surface area contributed by atoms with E-state index in [1.165, 1.54) is 10.4 Å². The Kier molecular flexibility index (Phi) is 7.06. The third kappa shape index (κ3) is 4.88. The molecule has 3 aromatic carbocycles. The van der Waals surface area contributed by atoms with Crippen LogP contribution in [-0.4, -0.2) is 39.1 Å². The summed E-state index contributed by atoms with van der Waals surface area (Å²) in [5, 5.41) is 2.21. The highest BCUT2D eigenvalue weighted by Crippen LogP contribution is 2.45. The highest BCUT2D eigenvalue weighted by atomic mass is 28.4. The third-order valence-corrected chi connectivity index (χ3v) is 12.8. The van der Waals surface area contributed by atoms with Crippen molar-refractivity contribution in [2.24, 2.45) is 11.8 Å². The van der Waals surface area contributed by atoms with Crippen LogP contribution in [0.15, 0.2) is 91.0 Å². The summed E-state index contributed by atoms with van der Waals surface area (Å²) >= 11 is 0. The standard InChI is InChI=1S/C31H34O5Si/c1-31(2,3)37(23-15-9-5-10-16-23,24-17-11-6-12-18-24)34-21-26-25-19-29(32)35-27(25)20-28(26)36-30(33)22-13-7-4-8-14-22/h4-18,25-28H,19-21H2,1-3H3/t25-,26-,27+,28-/m1/s1. The smallest absolute Gasteiger partial charge is 0.338 e. The number of benzene rings is 3. The summed E-state index contributed by atoms with van der Waals surface area (Å²) in [6.45, 7) is 7.11. The number of hydrogen-bond acceptors (Lipinski definition) is 5. The second-order valence-corrected chi connectivity index (χ2v) is 15.4. The van der Waals surface area contributed by atoms with Gasteiger partial charge in [-0.2, -0.15) is 0 Å². The van der Waals surface area contributed by atoms with E-state index in [4.69, 9.17) is 13.9 Å². The summed E-state index contributed by atoms with van der Waals surface area (Å²) in [7, 11) is -2.78. The van der Waals surface area contributed by atoms with Crippen LogP contribution in [0, 0.1) is 11.8 Å². The first-order valence-corrected chi connectivity index (χ1v) is 14.9. The van der Waals surface area contributed by atoms with E-state index in [1.807, 2.05) is 30.3 Å². The number of fused-ring (bicyclic) bond motifs is 1. The van der Waals surface area contributed by atoms with Crippen LogP contribution in [0.25, 0.3) is 0 Å². The molecule has 1 saturated heterocycles. The predicted octanol–water partition coefficient (Wildman–Crippen LogP) is 4.74. The zero-order valence-corrected chi connectivity index (χ0v) is 22.6. The summed E-state index contributed by atoms with van der Waals surface area (Å²) in [6.07, 6.45) is 0.214. The fourth-order valence-electron chi connectivity index (χ4n) is 6.09. The number of carbonyl (C=O) groups is 2. The van der Waals surface area contributed by atoms with E-state index in [1.54, 1.807) is 12.1 Å². The van der Waals surface area contributed by atoms with Crippen molar-refractivity contribution in [2.75, 3.05) is 6.61 Å². The maximum atomic E-state index is 13.0. The van der Waals surface area contributed by atoms with Gasteiger partial charge in [0.1, 0.15) is 12.2 Å². The van der Waals surface area contributed by atoms with Gasteiger partial charge in [-0.1, -0.05) is 99.6 Å². The van der Waals surface area contributed by atoms with Gasteiger partial charge in [0, 0.05) is 24.9 Å². The molecule has 0 bridgehead atoms. The Morgan fingerprint density at radius 1 is 0.892 bits per heavy atom. The molecule has 6 heteroatoms. The average Bonchev–Trinajstić information content (AvgIpc) is 3.41. The lowest BCUT2D eigenvalue weighted by Gasteiger charge is -2.44. The van der Waals surface area contributed by atoms with Crippen LogP contribution >= 0.6 is 0 Å². The van der Waals surface area contributed by atoms with Gasteiger partial charge >= 0.3 is 11.9 Å². The van der Waals surface area contributed by atoms with Crippen LogP contribution in [-0.2, 0) is 18.7 Å². The van der Waals surface area contributed by atoms with Crippen LogP contribution in [0.4, 0.5) is 0 Å². The van der Waals surface area contributed by atoms with Gasteiger partial charge in [-0.3, -0.25) is 4.79 Å². The largest absolute Gasteiger partial charge is 0.462 e. The minimum atomic E-state index is -2.78. The molecule has 0 radical (unpaired) electrons. The Morgan fingerprint density at radius 3 is 1.97 bits per heavy atom. The molecule has 0 N–H and O–H groups in total. The second kappa shape index (κ2) is 10.3. The molecule has 1 aliphatic heterocycles. The minimum Gasteiger partial charge on any atom is -0.462 e. The van der Waals surface area contributed by atoms with E-state index in [9.17, 15) is 9.59 Å². The fourth-order valence-corrected chi connectivity index (χ4v) is 10.7. The molecule has 37 heavy (non-hydrogen) atoms. The van der Waals surface area contributed by atoms with Crippen molar-refractivity contribution in [3.63, 3.8) is 0 Å². The van der Waals surface area contributed by atoms with Gasteiger partial charge in [-0.25, -0.2) is 4.79 Å². The maximum absolute atomic E-state index is 13.0. The molecule has 2 aliphatic rings. The molecule has 0 spiro atoms. The van der Waals surface area contributed by atoms with Crippen LogP contribution in [0.3, 0.4) is 0 Å². The molecule has 3 aromatic rings. The molecule has 5 nitrogen and oxygen atoms in total. The Hall–Kier alpha value is -3.22. The van der Waals surface area contributed by atoms with E-state index < -0.39 is 8.32 Å². The molecule has 1 saturated carbocycles. The lowest BCUT2D eigenvalue weighted by atomic mass is 9.93. The average molecular weight is 515 g/mol. The van der Waals surface area contributed by atoms with Gasteiger partial charge < -0.3 is 13.9 Å². The van der Waals surface area contributed by atoms with Gasteiger partial charge in [0.2, 0.25) is 0 Å². The predicted molar refractivity (Wildman–Crippen MR) is 145 cm³/mol. The molecule has 1 aliphatic carbocycles. The van der Waals surface area contributed by atoms with Gasteiger partial charge in [-0.15, -0.1) is 0 Å². The quantitative estimate of drug-likeness (QED) is 0.337. The number of rotatable bonds is 7. The van der Waals surface area contributed by atoms with Crippen LogP contribution in [0.1, 0.15) is 44.0 Å². The van der Waals surface area contributed by atoms with Gasteiger partial charge in [0.25, 0.3) is 8.32 Å².